The van der Waals surface area contributed by atoms with Crippen molar-refractivity contribution in [3.8, 4) is 0 Å². The zero-order chi connectivity index (χ0) is 19.6. The summed E-state index contributed by atoms with van der Waals surface area (Å²) in [6.45, 7) is 6.46. The third-order valence-electron chi connectivity index (χ3n) is 8.81. The average molecular weight is 397 g/mol. The van der Waals surface area contributed by atoms with Crippen LogP contribution < -0.4 is 0 Å². The van der Waals surface area contributed by atoms with E-state index >= 15 is 0 Å². The summed E-state index contributed by atoms with van der Waals surface area (Å²) in [5, 5.41) is 0. The molecule has 7 atom stereocenters. The van der Waals surface area contributed by atoms with E-state index in [0.29, 0.717) is 36.4 Å². The number of carbonyl (C=O) groups excluding carboxylic acids is 1. The highest BCUT2D eigenvalue weighted by molar-refractivity contribution is 7.80. The number of carbonyl (C=O) groups is 1. The van der Waals surface area contributed by atoms with Gasteiger partial charge < -0.3 is 0 Å². The fourth-order valence-corrected chi connectivity index (χ4v) is 8.06. The van der Waals surface area contributed by atoms with E-state index in [0.717, 1.165) is 38.5 Å². The summed E-state index contributed by atoms with van der Waals surface area (Å²) in [6, 6.07) is 0. The van der Waals surface area contributed by atoms with E-state index < -0.39 is 16.5 Å². The Labute approximate surface area is 162 Å². The molecule has 0 spiro atoms. The number of hydrogen-bond donors (Lipinski definition) is 1. The average Bonchev–Trinajstić information content (AvgIpc) is 2.91. The molecule has 0 saturated heterocycles. The molecule has 152 valence electrons. The standard InChI is InChI=1S/C21H32O5S/c1-13(22)17-6-7-18-16-5-4-14-12-15(26-27(23,24)25)8-10-20(14,2)19(16)9-11-21(17,18)3/h4,15-19H,5-12H2,1-3H3,(H,23,24,25)/t15?,16?,17-,18?,19?,20+,21-/m1/s1. The lowest BCUT2D eigenvalue weighted by Crippen LogP contribution is -2.51. The number of fused-ring (bicyclic) bond motifs is 5. The highest BCUT2D eigenvalue weighted by Crippen LogP contribution is 2.66. The van der Waals surface area contributed by atoms with Crippen molar-refractivity contribution in [2.24, 2.45) is 34.5 Å². The van der Waals surface area contributed by atoms with Gasteiger partial charge in [-0.25, -0.2) is 4.18 Å². The monoisotopic (exact) mass is 396 g/mol. The van der Waals surface area contributed by atoms with Gasteiger partial charge in [-0.15, -0.1) is 0 Å². The van der Waals surface area contributed by atoms with Crippen LogP contribution in [0, 0.1) is 34.5 Å². The minimum absolute atomic E-state index is 0.0949. The molecule has 4 aliphatic rings. The summed E-state index contributed by atoms with van der Waals surface area (Å²) in [7, 11) is -4.40. The van der Waals surface area contributed by atoms with Crippen LogP contribution in [-0.4, -0.2) is 24.9 Å². The van der Waals surface area contributed by atoms with Crippen molar-refractivity contribution in [3.05, 3.63) is 11.6 Å². The zero-order valence-corrected chi connectivity index (χ0v) is 17.4. The van der Waals surface area contributed by atoms with Crippen molar-refractivity contribution in [1.82, 2.24) is 0 Å². The summed E-state index contributed by atoms with van der Waals surface area (Å²) in [5.41, 5.74) is 1.56. The van der Waals surface area contributed by atoms with Crippen LogP contribution >= 0.6 is 0 Å². The molecule has 0 aromatic heterocycles. The molecule has 4 unspecified atom stereocenters. The van der Waals surface area contributed by atoms with Gasteiger partial charge in [0.1, 0.15) is 5.78 Å². The van der Waals surface area contributed by atoms with Gasteiger partial charge in [-0.05, 0) is 86.9 Å². The van der Waals surface area contributed by atoms with Gasteiger partial charge in [0.05, 0.1) is 6.10 Å². The molecular weight excluding hydrogens is 364 g/mol. The Bertz CT molecular complexity index is 771. The van der Waals surface area contributed by atoms with E-state index in [1.165, 1.54) is 5.57 Å². The van der Waals surface area contributed by atoms with E-state index in [1.807, 2.05) is 0 Å². The van der Waals surface area contributed by atoms with Crippen LogP contribution in [0.4, 0.5) is 0 Å². The molecule has 0 aliphatic heterocycles. The maximum atomic E-state index is 12.2. The first-order chi connectivity index (χ1) is 12.5. The van der Waals surface area contributed by atoms with Crippen molar-refractivity contribution in [2.45, 2.75) is 78.2 Å². The molecule has 0 aromatic rings. The summed E-state index contributed by atoms with van der Waals surface area (Å²) < 4.78 is 36.1. The second-order valence-corrected chi connectivity index (χ2v) is 11.0. The molecule has 3 saturated carbocycles. The lowest BCUT2D eigenvalue weighted by Gasteiger charge is -2.58. The van der Waals surface area contributed by atoms with Gasteiger partial charge >= 0.3 is 10.4 Å². The van der Waals surface area contributed by atoms with Gasteiger partial charge in [0.25, 0.3) is 0 Å². The molecule has 27 heavy (non-hydrogen) atoms. The maximum absolute atomic E-state index is 12.2. The first-order valence-electron chi connectivity index (χ1n) is 10.4. The second-order valence-electron chi connectivity index (χ2n) is 9.93. The molecule has 0 aromatic carbocycles. The molecule has 1 N–H and O–H groups in total. The van der Waals surface area contributed by atoms with Crippen molar-refractivity contribution < 1.29 is 21.9 Å². The van der Waals surface area contributed by atoms with Crippen molar-refractivity contribution in [1.29, 1.82) is 0 Å². The normalized spacial score (nSPS) is 46.8. The number of allylic oxidation sites excluding steroid dienone is 1. The fraction of sp³-hybridized carbons (Fsp3) is 0.857. The summed E-state index contributed by atoms with van der Waals surface area (Å²) in [4.78, 5) is 12.2. The molecule has 6 heteroatoms. The van der Waals surface area contributed by atoms with Crippen molar-refractivity contribution in [2.75, 3.05) is 0 Å². The van der Waals surface area contributed by atoms with Crippen LogP contribution in [-0.2, 0) is 19.4 Å². The Hall–Kier alpha value is -0.720. The lowest BCUT2D eigenvalue weighted by molar-refractivity contribution is -0.127. The quantitative estimate of drug-likeness (QED) is 0.567. The Morgan fingerprint density at radius 1 is 1.15 bits per heavy atom. The molecule has 3 fully saturated rings. The molecule has 4 aliphatic carbocycles. The molecule has 4 rings (SSSR count). The van der Waals surface area contributed by atoms with E-state index in [1.54, 1.807) is 6.92 Å². The Balaban J connectivity index is 1.58. The highest BCUT2D eigenvalue weighted by atomic mass is 32.3. The van der Waals surface area contributed by atoms with Crippen LogP contribution in [0.15, 0.2) is 11.6 Å². The SMILES string of the molecule is CC(=O)[C@H]1CCC2C3CC=C4CC(OS(=O)(=O)O)CC[C@]4(C)C3CC[C@@]21C. The summed E-state index contributed by atoms with van der Waals surface area (Å²) in [5.74, 6) is 2.43. The van der Waals surface area contributed by atoms with Gasteiger partial charge in [-0.1, -0.05) is 25.5 Å². The Kier molecular flexibility index (Phi) is 4.64. The van der Waals surface area contributed by atoms with Crippen LogP contribution in [0.3, 0.4) is 0 Å². The summed E-state index contributed by atoms with van der Waals surface area (Å²) >= 11 is 0. The van der Waals surface area contributed by atoms with E-state index in [2.05, 4.69) is 19.9 Å². The third-order valence-corrected chi connectivity index (χ3v) is 9.32. The van der Waals surface area contributed by atoms with E-state index in [4.69, 9.17) is 8.74 Å². The number of rotatable bonds is 3. The van der Waals surface area contributed by atoms with Crippen molar-refractivity contribution in [3.63, 3.8) is 0 Å². The van der Waals surface area contributed by atoms with Gasteiger partial charge in [0, 0.05) is 5.92 Å². The lowest BCUT2D eigenvalue weighted by atomic mass is 9.47. The van der Waals surface area contributed by atoms with Gasteiger partial charge in [0.15, 0.2) is 0 Å². The van der Waals surface area contributed by atoms with Crippen LogP contribution in [0.2, 0.25) is 0 Å². The molecule has 0 bridgehead atoms. The topological polar surface area (TPSA) is 80.7 Å². The van der Waals surface area contributed by atoms with Crippen LogP contribution in [0.25, 0.3) is 0 Å². The highest BCUT2D eigenvalue weighted by Gasteiger charge is 2.59. The molecular formula is C21H32O5S. The largest absolute Gasteiger partial charge is 0.397 e. The van der Waals surface area contributed by atoms with Crippen LogP contribution in [0.5, 0.6) is 0 Å². The smallest absolute Gasteiger partial charge is 0.300 e. The van der Waals surface area contributed by atoms with Gasteiger partial charge in [-0.3, -0.25) is 9.35 Å². The Morgan fingerprint density at radius 2 is 1.89 bits per heavy atom. The van der Waals surface area contributed by atoms with Gasteiger partial charge in [0.2, 0.25) is 0 Å². The number of hydrogen-bond acceptors (Lipinski definition) is 4. The van der Waals surface area contributed by atoms with Crippen LogP contribution in [0.1, 0.15) is 72.1 Å². The maximum Gasteiger partial charge on any atom is 0.397 e. The third kappa shape index (κ3) is 3.12. The first-order valence-corrected chi connectivity index (χ1v) is 11.8. The van der Waals surface area contributed by atoms with E-state index in [9.17, 15) is 13.2 Å². The second kappa shape index (κ2) is 6.39. The predicted octanol–water partition coefficient (Wildman–Crippen LogP) is 4.34. The predicted molar refractivity (Wildman–Crippen MR) is 102 cm³/mol. The molecule has 0 amide bonds. The molecule has 5 nitrogen and oxygen atoms in total. The minimum Gasteiger partial charge on any atom is -0.300 e. The van der Waals surface area contributed by atoms with E-state index in [-0.39, 0.29) is 16.7 Å². The van der Waals surface area contributed by atoms with Gasteiger partial charge in [-0.2, -0.15) is 8.42 Å². The number of ketones is 1. The summed E-state index contributed by atoms with van der Waals surface area (Å²) in [6.07, 6.45) is 9.54. The first kappa shape index (κ1) is 19.6. The molecule has 0 heterocycles. The minimum atomic E-state index is -4.40. The fourth-order valence-electron chi connectivity index (χ4n) is 7.55. The van der Waals surface area contributed by atoms with Crippen molar-refractivity contribution >= 4 is 16.2 Å². The Morgan fingerprint density at radius 3 is 2.56 bits per heavy atom. The number of Topliss-reactive ketones (excluding diaryl/α,β-unsaturated/α-hetero) is 1. The molecule has 0 radical (unpaired) electrons. The zero-order valence-electron chi connectivity index (χ0n) is 16.6.